The third-order valence-corrected chi connectivity index (χ3v) is 3.69. The van der Waals surface area contributed by atoms with E-state index in [2.05, 4.69) is 0 Å². The molecule has 0 aliphatic rings. The standard InChI is InChI=1S/C18H20F3NO4/c1-24-15-8-13(9-16(10-15)25-2)5-6-17(23)22(12-18(19,20)21)11-14-4-3-7-26-14/h3-4,7-10H,5-6,11-12H2,1-2H3. The third-order valence-electron chi connectivity index (χ3n) is 3.69. The van der Waals surface area contributed by atoms with Crippen molar-refractivity contribution in [3.05, 3.63) is 47.9 Å². The molecule has 26 heavy (non-hydrogen) atoms. The minimum absolute atomic E-state index is 0.0763. The van der Waals surface area contributed by atoms with E-state index in [0.29, 0.717) is 17.3 Å². The van der Waals surface area contributed by atoms with Gasteiger partial charge in [-0.3, -0.25) is 4.79 Å². The van der Waals surface area contributed by atoms with Crippen molar-refractivity contribution in [2.45, 2.75) is 25.6 Å². The lowest BCUT2D eigenvalue weighted by Crippen LogP contribution is -2.38. The van der Waals surface area contributed by atoms with Gasteiger partial charge in [-0.1, -0.05) is 0 Å². The number of nitrogens with zero attached hydrogens (tertiary/aromatic N) is 1. The predicted octanol–water partition coefficient (Wildman–Crippen LogP) is 3.82. The summed E-state index contributed by atoms with van der Waals surface area (Å²) in [6.45, 7) is -1.55. The van der Waals surface area contributed by atoms with Gasteiger partial charge in [-0.2, -0.15) is 13.2 Å². The first-order valence-corrected chi connectivity index (χ1v) is 7.89. The molecule has 2 rings (SSSR count). The van der Waals surface area contributed by atoms with Crippen LogP contribution in [0.25, 0.3) is 0 Å². The largest absolute Gasteiger partial charge is 0.497 e. The molecule has 0 fully saturated rings. The Morgan fingerprint density at radius 3 is 2.31 bits per heavy atom. The highest BCUT2D eigenvalue weighted by Crippen LogP contribution is 2.24. The lowest BCUT2D eigenvalue weighted by molar-refractivity contribution is -0.162. The molecule has 1 heterocycles. The maximum atomic E-state index is 12.8. The predicted molar refractivity (Wildman–Crippen MR) is 88.0 cm³/mol. The van der Waals surface area contributed by atoms with E-state index in [1.807, 2.05) is 0 Å². The van der Waals surface area contributed by atoms with Gasteiger partial charge in [0.05, 0.1) is 27.0 Å². The lowest BCUT2D eigenvalue weighted by atomic mass is 10.1. The first-order valence-electron chi connectivity index (χ1n) is 7.89. The summed E-state index contributed by atoms with van der Waals surface area (Å²) in [5, 5.41) is 0. The Morgan fingerprint density at radius 1 is 1.15 bits per heavy atom. The maximum Gasteiger partial charge on any atom is 0.406 e. The summed E-state index contributed by atoms with van der Waals surface area (Å²) in [7, 11) is 3.00. The molecule has 1 amide bonds. The number of benzene rings is 1. The topological polar surface area (TPSA) is 51.9 Å². The number of methoxy groups -OCH3 is 2. The van der Waals surface area contributed by atoms with Crippen LogP contribution in [0.4, 0.5) is 13.2 Å². The number of amides is 1. The van der Waals surface area contributed by atoms with Crippen LogP contribution in [-0.4, -0.2) is 37.7 Å². The second kappa shape index (κ2) is 8.64. The summed E-state index contributed by atoms with van der Waals surface area (Å²) in [6.07, 6.45) is -2.94. The van der Waals surface area contributed by atoms with Gasteiger partial charge in [-0.05, 0) is 36.2 Å². The fourth-order valence-electron chi connectivity index (χ4n) is 2.46. The van der Waals surface area contributed by atoms with Gasteiger partial charge >= 0.3 is 6.18 Å². The fraction of sp³-hybridized carbons (Fsp3) is 0.389. The monoisotopic (exact) mass is 371 g/mol. The normalized spacial score (nSPS) is 11.3. The van der Waals surface area contributed by atoms with Crippen molar-refractivity contribution in [2.75, 3.05) is 20.8 Å². The zero-order valence-electron chi connectivity index (χ0n) is 14.5. The molecule has 1 aromatic carbocycles. The summed E-state index contributed by atoms with van der Waals surface area (Å²) >= 11 is 0. The number of carbonyl (C=O) groups is 1. The molecular weight excluding hydrogens is 351 g/mol. The highest BCUT2D eigenvalue weighted by atomic mass is 19.4. The molecule has 2 aromatic rings. The lowest BCUT2D eigenvalue weighted by Gasteiger charge is -2.23. The average molecular weight is 371 g/mol. The molecule has 142 valence electrons. The van der Waals surface area contributed by atoms with Crippen LogP contribution in [-0.2, 0) is 17.8 Å². The van der Waals surface area contributed by atoms with Gasteiger partial charge in [0.25, 0.3) is 0 Å². The third kappa shape index (κ3) is 6.02. The van der Waals surface area contributed by atoms with E-state index < -0.39 is 18.6 Å². The molecule has 0 saturated heterocycles. The van der Waals surface area contributed by atoms with Crippen molar-refractivity contribution in [1.82, 2.24) is 4.90 Å². The molecule has 0 unspecified atom stereocenters. The number of hydrogen-bond donors (Lipinski definition) is 0. The van der Waals surface area contributed by atoms with Gasteiger partial charge in [-0.15, -0.1) is 0 Å². The van der Waals surface area contributed by atoms with E-state index >= 15 is 0 Å². The second-order valence-corrected chi connectivity index (χ2v) is 5.67. The van der Waals surface area contributed by atoms with Crippen molar-refractivity contribution in [2.24, 2.45) is 0 Å². The molecule has 5 nitrogen and oxygen atoms in total. The van der Waals surface area contributed by atoms with E-state index in [4.69, 9.17) is 13.9 Å². The van der Waals surface area contributed by atoms with Gasteiger partial charge in [0.2, 0.25) is 5.91 Å². The van der Waals surface area contributed by atoms with Crippen LogP contribution < -0.4 is 9.47 Å². The number of rotatable bonds is 8. The Kier molecular flexibility index (Phi) is 6.54. The summed E-state index contributed by atoms with van der Waals surface area (Å²) < 4.78 is 53.8. The Hall–Kier alpha value is -2.64. The Balaban J connectivity index is 2.06. The van der Waals surface area contributed by atoms with Gasteiger partial charge in [0, 0.05) is 12.5 Å². The SMILES string of the molecule is COc1cc(CCC(=O)N(Cc2ccco2)CC(F)(F)F)cc(OC)c1. The summed E-state index contributed by atoms with van der Waals surface area (Å²) in [5.74, 6) is 0.787. The van der Waals surface area contributed by atoms with E-state index in [-0.39, 0.29) is 19.4 Å². The van der Waals surface area contributed by atoms with Crippen molar-refractivity contribution in [1.29, 1.82) is 0 Å². The molecule has 8 heteroatoms. The van der Waals surface area contributed by atoms with Crippen LogP contribution in [0.5, 0.6) is 11.5 Å². The number of ether oxygens (including phenoxy) is 2. The zero-order chi connectivity index (χ0) is 19.2. The van der Waals surface area contributed by atoms with E-state index in [1.165, 1.54) is 26.5 Å². The smallest absolute Gasteiger partial charge is 0.406 e. The summed E-state index contributed by atoms with van der Waals surface area (Å²) in [6, 6.07) is 8.21. The molecule has 0 bridgehead atoms. The van der Waals surface area contributed by atoms with E-state index in [9.17, 15) is 18.0 Å². The molecule has 0 aliphatic heterocycles. The zero-order valence-corrected chi connectivity index (χ0v) is 14.5. The van der Waals surface area contributed by atoms with Gasteiger partial charge in [-0.25, -0.2) is 0 Å². The van der Waals surface area contributed by atoms with E-state index in [0.717, 1.165) is 10.5 Å². The number of hydrogen-bond acceptors (Lipinski definition) is 4. The average Bonchev–Trinajstić information content (AvgIpc) is 3.10. The highest BCUT2D eigenvalue weighted by Gasteiger charge is 2.33. The quantitative estimate of drug-likeness (QED) is 0.708. The summed E-state index contributed by atoms with van der Waals surface area (Å²) in [4.78, 5) is 13.1. The molecular formula is C18H20F3NO4. The number of furan rings is 1. The molecule has 0 radical (unpaired) electrons. The number of aryl methyl sites for hydroxylation is 1. The molecule has 0 atom stereocenters. The van der Waals surface area contributed by atoms with Gasteiger partial charge in [0.1, 0.15) is 23.8 Å². The minimum Gasteiger partial charge on any atom is -0.497 e. The van der Waals surface area contributed by atoms with Crippen molar-refractivity contribution in [3.8, 4) is 11.5 Å². The van der Waals surface area contributed by atoms with E-state index in [1.54, 1.807) is 24.3 Å². The number of alkyl halides is 3. The van der Waals surface area contributed by atoms with Crippen molar-refractivity contribution >= 4 is 5.91 Å². The summed E-state index contributed by atoms with van der Waals surface area (Å²) in [5.41, 5.74) is 0.736. The molecule has 0 aliphatic carbocycles. The fourth-order valence-corrected chi connectivity index (χ4v) is 2.46. The second-order valence-electron chi connectivity index (χ2n) is 5.67. The van der Waals surface area contributed by atoms with Gasteiger partial charge < -0.3 is 18.8 Å². The molecule has 0 spiro atoms. The first kappa shape index (κ1) is 19.7. The Morgan fingerprint density at radius 2 is 1.81 bits per heavy atom. The molecule has 0 N–H and O–H groups in total. The maximum absolute atomic E-state index is 12.8. The van der Waals surface area contributed by atoms with Crippen LogP contribution in [0.1, 0.15) is 17.7 Å². The Labute approximate surface area is 149 Å². The number of carbonyl (C=O) groups excluding carboxylic acids is 1. The van der Waals surface area contributed by atoms with Crippen LogP contribution >= 0.6 is 0 Å². The molecule has 0 saturated carbocycles. The van der Waals surface area contributed by atoms with Crippen LogP contribution in [0.15, 0.2) is 41.0 Å². The van der Waals surface area contributed by atoms with Crippen molar-refractivity contribution < 1.29 is 31.9 Å². The number of halogens is 3. The van der Waals surface area contributed by atoms with Crippen LogP contribution in [0.2, 0.25) is 0 Å². The minimum atomic E-state index is -4.48. The first-order chi connectivity index (χ1) is 12.3. The Bertz CT molecular complexity index is 691. The highest BCUT2D eigenvalue weighted by molar-refractivity contribution is 5.76. The van der Waals surface area contributed by atoms with Crippen molar-refractivity contribution in [3.63, 3.8) is 0 Å². The van der Waals surface area contributed by atoms with Crippen LogP contribution in [0, 0.1) is 0 Å². The van der Waals surface area contributed by atoms with Crippen LogP contribution in [0.3, 0.4) is 0 Å². The molecule has 1 aromatic heterocycles. The van der Waals surface area contributed by atoms with Gasteiger partial charge in [0.15, 0.2) is 0 Å².